The summed E-state index contributed by atoms with van der Waals surface area (Å²) in [5, 5.41) is 3.23. The molecule has 5 aromatic carbocycles. The van der Waals surface area contributed by atoms with E-state index < -0.39 is 0 Å². The average molecular weight is 612 g/mol. The number of hydrogen-bond donors (Lipinski definition) is 0. The smallest absolute Gasteiger partial charge is 0.161 e. The van der Waals surface area contributed by atoms with E-state index in [4.69, 9.17) is 14.4 Å². The lowest BCUT2D eigenvalue weighted by Crippen LogP contribution is -2.30. The van der Waals surface area contributed by atoms with Crippen LogP contribution < -0.4 is 4.90 Å². The van der Waals surface area contributed by atoms with E-state index in [1.165, 1.54) is 16.8 Å². The van der Waals surface area contributed by atoms with Gasteiger partial charge in [0, 0.05) is 44.9 Å². The van der Waals surface area contributed by atoms with Gasteiger partial charge in [-0.2, -0.15) is 0 Å². The Morgan fingerprint density at radius 3 is 2.45 bits per heavy atom. The molecule has 3 atom stereocenters. The van der Waals surface area contributed by atoms with Gasteiger partial charge in [0.05, 0.1) is 16.9 Å². The van der Waals surface area contributed by atoms with Gasteiger partial charge in [-0.3, -0.25) is 0 Å². The Bertz CT molecular complexity index is 2330. The summed E-state index contributed by atoms with van der Waals surface area (Å²) in [6, 6.07) is 39.3. The molecule has 1 aliphatic carbocycles. The van der Waals surface area contributed by atoms with Gasteiger partial charge in [0.2, 0.25) is 0 Å². The van der Waals surface area contributed by atoms with Crippen molar-refractivity contribution in [1.29, 1.82) is 0 Å². The van der Waals surface area contributed by atoms with Crippen LogP contribution in [0.15, 0.2) is 126 Å². The minimum absolute atomic E-state index is 0.372. The Morgan fingerprint density at radius 1 is 0.766 bits per heavy atom. The van der Waals surface area contributed by atoms with Crippen molar-refractivity contribution in [2.24, 2.45) is 5.92 Å². The number of para-hydroxylation sites is 2. The zero-order valence-electron chi connectivity index (χ0n) is 27.0. The minimum Gasteiger partial charge on any atom is -0.454 e. The molecule has 0 fully saturated rings. The van der Waals surface area contributed by atoms with Gasteiger partial charge in [0.1, 0.15) is 5.58 Å². The highest BCUT2D eigenvalue weighted by atomic mass is 16.3. The van der Waals surface area contributed by atoms with E-state index in [0.717, 1.165) is 68.2 Å². The Labute approximate surface area is 275 Å². The van der Waals surface area contributed by atoms with Crippen molar-refractivity contribution < 1.29 is 4.42 Å². The van der Waals surface area contributed by atoms with Crippen LogP contribution in [0.3, 0.4) is 0 Å². The first-order chi connectivity index (χ1) is 23.1. The second kappa shape index (κ2) is 10.9. The number of furan rings is 1. The summed E-state index contributed by atoms with van der Waals surface area (Å²) in [6.07, 6.45) is 6.95. The summed E-state index contributed by atoms with van der Waals surface area (Å²) in [5.74, 6) is 2.08. The molecule has 3 unspecified atom stereocenters. The fraction of sp³-hybridized carbons (Fsp3) is 0.209. The molecule has 0 saturated carbocycles. The van der Waals surface area contributed by atoms with Crippen LogP contribution in [0.2, 0.25) is 0 Å². The molecule has 0 N–H and O–H groups in total. The standard InChI is InChI=1S/C43H37N3O/c1-26(2)27(3)29-23-24-35-34(25-29)41(28-13-5-4-6-14-28)45-43(44-35)33-18-12-22-39-40(33)32-17-11-21-38(42(32)47-39)46-36-19-9-7-15-30(36)31-16-8-10-20-37(31)46/h4-9,11-19,21-27,31,37H,10,20H2,1-3H3. The SMILES string of the molecule is CC(C)C(C)c1ccc2nc(-c3cccc4oc5c(N6c7ccccc7C7C=CCCC76)cccc5c34)nc(-c3ccccc3)c2c1. The van der Waals surface area contributed by atoms with E-state index in [1.54, 1.807) is 0 Å². The maximum Gasteiger partial charge on any atom is 0.161 e. The maximum atomic E-state index is 6.80. The largest absolute Gasteiger partial charge is 0.454 e. The highest BCUT2D eigenvalue weighted by Crippen LogP contribution is 2.51. The number of aromatic nitrogens is 2. The number of rotatable bonds is 5. The summed E-state index contributed by atoms with van der Waals surface area (Å²) in [5.41, 5.74) is 10.8. The molecule has 7 aromatic rings. The van der Waals surface area contributed by atoms with Crippen molar-refractivity contribution in [2.75, 3.05) is 4.90 Å². The van der Waals surface area contributed by atoms with E-state index in [0.29, 0.717) is 29.6 Å². The molecule has 3 heterocycles. The van der Waals surface area contributed by atoms with Crippen LogP contribution in [-0.2, 0) is 0 Å². The molecule has 230 valence electrons. The second-order valence-electron chi connectivity index (χ2n) is 13.5. The molecule has 2 aromatic heterocycles. The maximum absolute atomic E-state index is 6.80. The van der Waals surface area contributed by atoms with E-state index in [9.17, 15) is 0 Å². The third kappa shape index (κ3) is 4.42. The monoisotopic (exact) mass is 611 g/mol. The zero-order chi connectivity index (χ0) is 31.6. The van der Waals surface area contributed by atoms with Gasteiger partial charge < -0.3 is 9.32 Å². The molecular weight excluding hydrogens is 574 g/mol. The van der Waals surface area contributed by atoms with Crippen molar-refractivity contribution in [3.05, 3.63) is 132 Å². The Hall–Kier alpha value is -5.22. The summed E-state index contributed by atoms with van der Waals surface area (Å²) in [7, 11) is 0. The van der Waals surface area contributed by atoms with E-state index in [1.807, 2.05) is 0 Å². The number of allylic oxidation sites excluding steroid dienone is 1. The van der Waals surface area contributed by atoms with Gasteiger partial charge in [0.25, 0.3) is 0 Å². The molecule has 4 nitrogen and oxygen atoms in total. The molecule has 9 rings (SSSR count). The molecule has 0 bridgehead atoms. The third-order valence-corrected chi connectivity index (χ3v) is 10.6. The lowest BCUT2D eigenvalue weighted by Gasteiger charge is -2.31. The number of benzene rings is 5. The molecule has 4 heteroatoms. The quantitative estimate of drug-likeness (QED) is 0.182. The van der Waals surface area contributed by atoms with Crippen LogP contribution in [0.25, 0.3) is 55.5 Å². The van der Waals surface area contributed by atoms with Crippen molar-refractivity contribution in [2.45, 2.75) is 51.5 Å². The van der Waals surface area contributed by atoms with E-state index in [-0.39, 0.29) is 0 Å². The van der Waals surface area contributed by atoms with Crippen LogP contribution in [0, 0.1) is 5.92 Å². The Morgan fingerprint density at radius 2 is 1.57 bits per heavy atom. The van der Waals surface area contributed by atoms with Crippen molar-refractivity contribution in [3.63, 3.8) is 0 Å². The van der Waals surface area contributed by atoms with Crippen LogP contribution in [0.4, 0.5) is 11.4 Å². The van der Waals surface area contributed by atoms with Gasteiger partial charge in [-0.15, -0.1) is 0 Å². The van der Waals surface area contributed by atoms with E-state index in [2.05, 4.69) is 147 Å². The van der Waals surface area contributed by atoms with Crippen molar-refractivity contribution >= 4 is 44.2 Å². The van der Waals surface area contributed by atoms with Gasteiger partial charge >= 0.3 is 0 Å². The van der Waals surface area contributed by atoms with Gasteiger partial charge in [-0.25, -0.2) is 9.97 Å². The van der Waals surface area contributed by atoms with Gasteiger partial charge in [-0.1, -0.05) is 112 Å². The first-order valence-electron chi connectivity index (χ1n) is 16.9. The topological polar surface area (TPSA) is 42.2 Å². The summed E-state index contributed by atoms with van der Waals surface area (Å²) in [4.78, 5) is 13.1. The first kappa shape index (κ1) is 28.0. The third-order valence-electron chi connectivity index (χ3n) is 10.6. The van der Waals surface area contributed by atoms with Gasteiger partial charge in [0.15, 0.2) is 11.4 Å². The molecule has 0 saturated heterocycles. The zero-order valence-corrected chi connectivity index (χ0v) is 27.0. The van der Waals surface area contributed by atoms with Crippen molar-refractivity contribution in [3.8, 4) is 22.6 Å². The average Bonchev–Trinajstić information content (AvgIpc) is 3.67. The van der Waals surface area contributed by atoms with Crippen LogP contribution in [0.1, 0.15) is 56.6 Å². The number of anilines is 2. The van der Waals surface area contributed by atoms with Crippen LogP contribution in [0.5, 0.6) is 0 Å². The van der Waals surface area contributed by atoms with E-state index >= 15 is 0 Å². The fourth-order valence-electron chi connectivity index (χ4n) is 7.85. The predicted molar refractivity (Wildman–Crippen MR) is 194 cm³/mol. The highest BCUT2D eigenvalue weighted by Gasteiger charge is 2.39. The normalized spacial score (nSPS) is 17.9. The summed E-state index contributed by atoms with van der Waals surface area (Å²) >= 11 is 0. The molecule has 0 radical (unpaired) electrons. The number of nitrogens with zero attached hydrogens (tertiary/aromatic N) is 3. The predicted octanol–water partition coefficient (Wildman–Crippen LogP) is 11.6. The van der Waals surface area contributed by atoms with Crippen LogP contribution >= 0.6 is 0 Å². The lowest BCUT2D eigenvalue weighted by atomic mass is 9.87. The molecule has 0 spiro atoms. The molecule has 2 aliphatic rings. The summed E-state index contributed by atoms with van der Waals surface area (Å²) < 4.78 is 6.80. The molecule has 47 heavy (non-hydrogen) atoms. The Balaban J connectivity index is 1.25. The molecular formula is C43H37N3O. The Kier molecular flexibility index (Phi) is 6.53. The first-order valence-corrected chi connectivity index (χ1v) is 16.9. The minimum atomic E-state index is 0.372. The van der Waals surface area contributed by atoms with Crippen LogP contribution in [-0.4, -0.2) is 16.0 Å². The highest BCUT2D eigenvalue weighted by molar-refractivity contribution is 6.15. The molecule has 0 amide bonds. The lowest BCUT2D eigenvalue weighted by molar-refractivity contribution is 0.535. The fourth-order valence-corrected chi connectivity index (χ4v) is 7.85. The number of fused-ring (bicyclic) bond motifs is 7. The number of hydrogen-bond acceptors (Lipinski definition) is 4. The summed E-state index contributed by atoms with van der Waals surface area (Å²) in [6.45, 7) is 6.86. The second-order valence-corrected chi connectivity index (χ2v) is 13.5. The van der Waals surface area contributed by atoms with Crippen molar-refractivity contribution in [1.82, 2.24) is 9.97 Å². The van der Waals surface area contributed by atoms with Gasteiger partial charge in [-0.05, 0) is 66.1 Å². The molecule has 1 aliphatic heterocycles.